The summed E-state index contributed by atoms with van der Waals surface area (Å²) in [6, 6.07) is 11.4. The first-order valence-electron chi connectivity index (χ1n) is 7.50. The third-order valence-electron chi connectivity index (χ3n) is 3.42. The molecular formula is C18H16F3NO3. The standard InChI is InChI=1S/C18H16F3NO3/c1-12-6-2-3-7-13(12)17(24)22-11-10-16(23)25-15-9-5-4-8-14(15)18(19,20)21/h2-9H,10-11H2,1H3,(H,22,24). The Bertz CT molecular complexity index is 772. The molecule has 25 heavy (non-hydrogen) atoms. The van der Waals surface area contributed by atoms with Gasteiger partial charge >= 0.3 is 12.1 Å². The summed E-state index contributed by atoms with van der Waals surface area (Å²) in [4.78, 5) is 23.7. The van der Waals surface area contributed by atoms with E-state index in [-0.39, 0.29) is 18.9 Å². The second-order valence-electron chi connectivity index (χ2n) is 5.29. The second kappa shape index (κ2) is 7.83. The van der Waals surface area contributed by atoms with E-state index < -0.39 is 23.5 Å². The van der Waals surface area contributed by atoms with Gasteiger partial charge in [-0.15, -0.1) is 0 Å². The molecule has 0 radical (unpaired) electrons. The van der Waals surface area contributed by atoms with Crippen LogP contribution in [0, 0.1) is 6.92 Å². The number of halogens is 3. The molecule has 0 fully saturated rings. The first kappa shape index (κ1) is 18.5. The van der Waals surface area contributed by atoms with Gasteiger partial charge in [-0.1, -0.05) is 30.3 Å². The average molecular weight is 351 g/mol. The van der Waals surface area contributed by atoms with Gasteiger partial charge in [-0.25, -0.2) is 0 Å². The van der Waals surface area contributed by atoms with E-state index >= 15 is 0 Å². The summed E-state index contributed by atoms with van der Waals surface area (Å²) in [5, 5.41) is 2.54. The Morgan fingerprint density at radius 2 is 1.68 bits per heavy atom. The predicted octanol–water partition coefficient (Wildman–Crippen LogP) is 3.74. The minimum absolute atomic E-state index is 0.0415. The number of rotatable bonds is 5. The number of aryl methyl sites for hydroxylation is 1. The first-order chi connectivity index (χ1) is 11.8. The van der Waals surface area contributed by atoms with Crippen LogP contribution in [-0.2, 0) is 11.0 Å². The Morgan fingerprint density at radius 1 is 1.04 bits per heavy atom. The number of nitrogens with one attached hydrogen (secondary N) is 1. The molecule has 0 atom stereocenters. The van der Waals surface area contributed by atoms with E-state index in [4.69, 9.17) is 4.74 Å². The molecule has 0 aliphatic carbocycles. The third kappa shape index (κ3) is 5.07. The summed E-state index contributed by atoms with van der Waals surface area (Å²) in [6.45, 7) is 1.73. The average Bonchev–Trinajstić information content (AvgIpc) is 2.54. The van der Waals surface area contributed by atoms with Crippen molar-refractivity contribution in [1.82, 2.24) is 5.32 Å². The van der Waals surface area contributed by atoms with Crippen molar-refractivity contribution in [2.45, 2.75) is 19.5 Å². The SMILES string of the molecule is Cc1ccccc1C(=O)NCCC(=O)Oc1ccccc1C(F)(F)F. The molecule has 0 aromatic heterocycles. The summed E-state index contributed by atoms with van der Waals surface area (Å²) in [6.07, 6.45) is -4.86. The van der Waals surface area contributed by atoms with E-state index in [2.05, 4.69) is 5.32 Å². The summed E-state index contributed by atoms with van der Waals surface area (Å²) in [5.41, 5.74) is 0.229. The van der Waals surface area contributed by atoms with Crippen molar-refractivity contribution >= 4 is 11.9 Å². The number of hydrogen-bond donors (Lipinski definition) is 1. The molecule has 1 amide bonds. The number of alkyl halides is 3. The number of para-hydroxylation sites is 1. The van der Waals surface area contributed by atoms with Gasteiger partial charge in [0.15, 0.2) is 0 Å². The first-order valence-corrected chi connectivity index (χ1v) is 7.50. The summed E-state index contributed by atoms with van der Waals surface area (Å²) < 4.78 is 43.3. The lowest BCUT2D eigenvalue weighted by Gasteiger charge is -2.12. The lowest BCUT2D eigenvalue weighted by atomic mass is 10.1. The van der Waals surface area contributed by atoms with Crippen LogP contribution in [0.3, 0.4) is 0 Å². The Balaban J connectivity index is 1.90. The molecule has 0 aliphatic heterocycles. The highest BCUT2D eigenvalue weighted by atomic mass is 19.4. The van der Waals surface area contributed by atoms with Crippen molar-refractivity contribution < 1.29 is 27.5 Å². The fraction of sp³-hybridized carbons (Fsp3) is 0.222. The maximum Gasteiger partial charge on any atom is 0.419 e. The van der Waals surface area contributed by atoms with Crippen LogP contribution in [0.25, 0.3) is 0 Å². The number of benzene rings is 2. The number of ether oxygens (including phenoxy) is 1. The third-order valence-corrected chi connectivity index (χ3v) is 3.42. The maximum atomic E-state index is 12.8. The summed E-state index contributed by atoms with van der Waals surface area (Å²) >= 11 is 0. The lowest BCUT2D eigenvalue weighted by Crippen LogP contribution is -2.27. The van der Waals surface area contributed by atoms with Gasteiger partial charge in [0.05, 0.1) is 12.0 Å². The van der Waals surface area contributed by atoms with Crippen LogP contribution in [0.1, 0.15) is 27.9 Å². The molecule has 2 aromatic carbocycles. The zero-order chi connectivity index (χ0) is 18.4. The maximum absolute atomic E-state index is 12.8. The number of hydrogen-bond acceptors (Lipinski definition) is 3. The van der Waals surface area contributed by atoms with Crippen LogP contribution in [0.2, 0.25) is 0 Å². The highest BCUT2D eigenvalue weighted by Gasteiger charge is 2.34. The van der Waals surface area contributed by atoms with Gasteiger partial charge in [0.1, 0.15) is 5.75 Å². The van der Waals surface area contributed by atoms with Crippen molar-refractivity contribution in [3.63, 3.8) is 0 Å². The van der Waals surface area contributed by atoms with Gasteiger partial charge in [0.25, 0.3) is 5.91 Å². The number of esters is 1. The molecule has 0 saturated heterocycles. The minimum Gasteiger partial charge on any atom is -0.426 e. The van der Waals surface area contributed by atoms with E-state index in [0.717, 1.165) is 17.7 Å². The van der Waals surface area contributed by atoms with Crippen LogP contribution in [0.15, 0.2) is 48.5 Å². The van der Waals surface area contributed by atoms with Crippen LogP contribution in [-0.4, -0.2) is 18.4 Å². The molecule has 2 aromatic rings. The molecule has 0 spiro atoms. The van der Waals surface area contributed by atoms with Crippen molar-refractivity contribution in [3.8, 4) is 5.75 Å². The molecule has 0 bridgehead atoms. The molecular weight excluding hydrogens is 335 g/mol. The quantitative estimate of drug-likeness (QED) is 0.659. The molecule has 7 heteroatoms. The number of amides is 1. The topological polar surface area (TPSA) is 55.4 Å². The van der Waals surface area contributed by atoms with Gasteiger partial charge in [-0.3, -0.25) is 9.59 Å². The number of carbonyl (C=O) groups excluding carboxylic acids is 2. The molecule has 4 nitrogen and oxygen atoms in total. The second-order valence-corrected chi connectivity index (χ2v) is 5.29. The molecule has 132 valence electrons. The van der Waals surface area contributed by atoms with E-state index in [1.165, 1.54) is 12.1 Å². The van der Waals surface area contributed by atoms with E-state index in [0.29, 0.717) is 5.56 Å². The van der Waals surface area contributed by atoms with Gasteiger partial charge in [-0.05, 0) is 30.7 Å². The van der Waals surface area contributed by atoms with Crippen molar-refractivity contribution in [2.75, 3.05) is 6.54 Å². The van der Waals surface area contributed by atoms with Crippen molar-refractivity contribution in [1.29, 1.82) is 0 Å². The zero-order valence-electron chi connectivity index (χ0n) is 13.4. The zero-order valence-corrected chi connectivity index (χ0v) is 13.4. The summed E-state index contributed by atoms with van der Waals surface area (Å²) in [7, 11) is 0. The Kier molecular flexibility index (Phi) is 5.80. The van der Waals surface area contributed by atoms with Crippen LogP contribution in [0.4, 0.5) is 13.2 Å². The monoisotopic (exact) mass is 351 g/mol. The van der Waals surface area contributed by atoms with Crippen molar-refractivity contribution in [3.05, 3.63) is 65.2 Å². The van der Waals surface area contributed by atoms with Gasteiger partial charge < -0.3 is 10.1 Å². The molecule has 0 aliphatic rings. The predicted molar refractivity (Wildman–Crippen MR) is 85.2 cm³/mol. The molecule has 0 heterocycles. The Labute approximate surface area is 142 Å². The van der Waals surface area contributed by atoms with E-state index in [1.807, 2.05) is 0 Å². The normalized spacial score (nSPS) is 11.0. The molecule has 2 rings (SSSR count). The van der Waals surface area contributed by atoms with Crippen LogP contribution < -0.4 is 10.1 Å². The summed E-state index contributed by atoms with van der Waals surface area (Å²) in [5.74, 6) is -1.77. The van der Waals surface area contributed by atoms with E-state index in [1.54, 1.807) is 31.2 Å². The fourth-order valence-corrected chi connectivity index (χ4v) is 2.16. The molecule has 0 unspecified atom stereocenters. The van der Waals surface area contributed by atoms with Crippen molar-refractivity contribution in [2.24, 2.45) is 0 Å². The minimum atomic E-state index is -4.62. The van der Waals surface area contributed by atoms with Crippen LogP contribution >= 0.6 is 0 Å². The van der Waals surface area contributed by atoms with Gasteiger partial charge in [0, 0.05) is 12.1 Å². The van der Waals surface area contributed by atoms with Crippen LogP contribution in [0.5, 0.6) is 5.75 Å². The highest BCUT2D eigenvalue weighted by molar-refractivity contribution is 5.95. The largest absolute Gasteiger partial charge is 0.426 e. The molecule has 1 N–H and O–H groups in total. The Hall–Kier alpha value is -2.83. The Morgan fingerprint density at radius 3 is 2.36 bits per heavy atom. The van der Waals surface area contributed by atoms with Gasteiger partial charge in [0.2, 0.25) is 0 Å². The highest BCUT2D eigenvalue weighted by Crippen LogP contribution is 2.35. The number of carbonyl (C=O) groups is 2. The van der Waals surface area contributed by atoms with E-state index in [9.17, 15) is 22.8 Å². The fourth-order valence-electron chi connectivity index (χ4n) is 2.16. The lowest BCUT2D eigenvalue weighted by molar-refractivity contribution is -0.142. The smallest absolute Gasteiger partial charge is 0.419 e. The van der Waals surface area contributed by atoms with Gasteiger partial charge in [-0.2, -0.15) is 13.2 Å². The molecule has 0 saturated carbocycles.